The van der Waals surface area contributed by atoms with Gasteiger partial charge >= 0.3 is 0 Å². The first kappa shape index (κ1) is 14.6. The van der Waals surface area contributed by atoms with E-state index in [0.717, 1.165) is 25.9 Å². The van der Waals surface area contributed by atoms with Crippen LogP contribution in [0.25, 0.3) is 0 Å². The van der Waals surface area contributed by atoms with Gasteiger partial charge in [0.15, 0.2) is 0 Å². The Morgan fingerprint density at radius 2 is 1.93 bits per heavy atom. The number of hydrogen-bond acceptors (Lipinski definition) is 3. The van der Waals surface area contributed by atoms with Crippen LogP contribution in [0.4, 0.5) is 0 Å². The Labute approximate surface area is 93.5 Å². The number of Topliss-reactive ketones (excluding diaryl/α,β-unsaturated/α-hetero) is 1. The number of carbonyl (C=O) groups excluding carboxylic acids is 1. The van der Waals surface area contributed by atoms with Gasteiger partial charge in [0, 0.05) is 18.5 Å². The third-order valence-corrected chi connectivity index (χ3v) is 2.82. The SMILES string of the molecule is CCCCN(CCO)CC(C)(C)C(C)=O. The van der Waals surface area contributed by atoms with Crippen LogP contribution in [-0.4, -0.2) is 42.0 Å². The van der Waals surface area contributed by atoms with Crippen LogP contribution >= 0.6 is 0 Å². The zero-order valence-electron chi connectivity index (χ0n) is 10.5. The smallest absolute Gasteiger partial charge is 0.136 e. The molecule has 0 saturated heterocycles. The number of carbonyl (C=O) groups is 1. The number of aliphatic hydroxyl groups is 1. The highest BCUT2D eigenvalue weighted by molar-refractivity contribution is 5.81. The van der Waals surface area contributed by atoms with E-state index in [1.165, 1.54) is 0 Å². The van der Waals surface area contributed by atoms with Crippen LogP contribution < -0.4 is 0 Å². The zero-order valence-corrected chi connectivity index (χ0v) is 10.5. The fourth-order valence-corrected chi connectivity index (χ4v) is 1.46. The molecule has 0 aliphatic heterocycles. The Kier molecular flexibility index (Phi) is 6.77. The van der Waals surface area contributed by atoms with Crippen LogP contribution in [0.3, 0.4) is 0 Å². The molecular weight excluding hydrogens is 190 g/mol. The van der Waals surface area contributed by atoms with Gasteiger partial charge in [-0.3, -0.25) is 4.79 Å². The van der Waals surface area contributed by atoms with Gasteiger partial charge in [-0.2, -0.15) is 0 Å². The third kappa shape index (κ3) is 5.90. The van der Waals surface area contributed by atoms with Gasteiger partial charge in [-0.25, -0.2) is 0 Å². The van der Waals surface area contributed by atoms with Crippen LogP contribution in [0.15, 0.2) is 0 Å². The lowest BCUT2D eigenvalue weighted by Gasteiger charge is -2.30. The van der Waals surface area contributed by atoms with Gasteiger partial charge < -0.3 is 10.0 Å². The Balaban J connectivity index is 4.19. The second-order valence-corrected chi connectivity index (χ2v) is 4.79. The number of unbranched alkanes of at least 4 members (excludes halogenated alkanes) is 1. The fraction of sp³-hybridized carbons (Fsp3) is 0.917. The van der Waals surface area contributed by atoms with Crippen molar-refractivity contribution in [1.82, 2.24) is 4.90 Å². The van der Waals surface area contributed by atoms with Crippen molar-refractivity contribution in [2.24, 2.45) is 5.41 Å². The molecule has 0 heterocycles. The van der Waals surface area contributed by atoms with Gasteiger partial charge in [0.05, 0.1) is 6.61 Å². The van der Waals surface area contributed by atoms with E-state index in [4.69, 9.17) is 5.11 Å². The molecule has 0 fully saturated rings. The number of ketones is 1. The van der Waals surface area contributed by atoms with Crippen molar-refractivity contribution in [2.75, 3.05) is 26.2 Å². The first-order valence-electron chi connectivity index (χ1n) is 5.78. The van der Waals surface area contributed by atoms with Crippen molar-refractivity contribution < 1.29 is 9.90 Å². The Morgan fingerprint density at radius 3 is 2.33 bits per heavy atom. The van der Waals surface area contributed by atoms with E-state index in [1.807, 2.05) is 13.8 Å². The first-order valence-corrected chi connectivity index (χ1v) is 5.78. The molecular formula is C12H25NO2. The second kappa shape index (κ2) is 6.96. The van der Waals surface area contributed by atoms with E-state index in [1.54, 1.807) is 6.92 Å². The molecule has 1 N–H and O–H groups in total. The summed E-state index contributed by atoms with van der Waals surface area (Å²) in [6.45, 7) is 10.2. The summed E-state index contributed by atoms with van der Waals surface area (Å²) in [4.78, 5) is 13.6. The van der Waals surface area contributed by atoms with Crippen LogP contribution in [-0.2, 0) is 4.79 Å². The average Bonchev–Trinajstić information content (AvgIpc) is 2.14. The van der Waals surface area contributed by atoms with Crippen molar-refractivity contribution >= 4 is 5.78 Å². The molecule has 0 aromatic carbocycles. The van der Waals surface area contributed by atoms with Gasteiger partial charge in [-0.15, -0.1) is 0 Å². The lowest BCUT2D eigenvalue weighted by Crippen LogP contribution is -2.40. The van der Waals surface area contributed by atoms with Crippen LogP contribution in [0.2, 0.25) is 0 Å². The summed E-state index contributed by atoms with van der Waals surface area (Å²) in [5, 5.41) is 8.94. The van der Waals surface area contributed by atoms with Crippen molar-refractivity contribution in [3.63, 3.8) is 0 Å². The molecule has 3 heteroatoms. The zero-order chi connectivity index (χ0) is 11.9. The molecule has 0 atom stereocenters. The van der Waals surface area contributed by atoms with E-state index in [-0.39, 0.29) is 17.8 Å². The highest BCUT2D eigenvalue weighted by atomic mass is 16.3. The minimum Gasteiger partial charge on any atom is -0.395 e. The van der Waals surface area contributed by atoms with Gasteiger partial charge in [0.1, 0.15) is 5.78 Å². The molecule has 0 saturated carbocycles. The van der Waals surface area contributed by atoms with Crippen molar-refractivity contribution in [3.8, 4) is 0 Å². The molecule has 0 bridgehead atoms. The standard InChI is InChI=1S/C12H25NO2/c1-5-6-7-13(8-9-14)10-12(3,4)11(2)15/h14H,5-10H2,1-4H3. The molecule has 0 aliphatic carbocycles. The number of hydrogen-bond donors (Lipinski definition) is 1. The minimum atomic E-state index is -0.303. The summed E-state index contributed by atoms with van der Waals surface area (Å²) in [7, 11) is 0. The fourth-order valence-electron chi connectivity index (χ4n) is 1.46. The van der Waals surface area contributed by atoms with Crippen molar-refractivity contribution in [2.45, 2.75) is 40.5 Å². The molecule has 0 amide bonds. The minimum absolute atomic E-state index is 0.164. The topological polar surface area (TPSA) is 40.5 Å². The molecule has 0 aliphatic rings. The summed E-state index contributed by atoms with van der Waals surface area (Å²) < 4.78 is 0. The van der Waals surface area contributed by atoms with E-state index in [9.17, 15) is 4.79 Å². The maximum atomic E-state index is 11.4. The Hall–Kier alpha value is -0.410. The van der Waals surface area contributed by atoms with Crippen molar-refractivity contribution in [1.29, 1.82) is 0 Å². The van der Waals surface area contributed by atoms with Crippen LogP contribution in [0.5, 0.6) is 0 Å². The van der Waals surface area contributed by atoms with Gasteiger partial charge in [0.2, 0.25) is 0 Å². The maximum Gasteiger partial charge on any atom is 0.136 e. The molecule has 0 radical (unpaired) electrons. The van der Waals surface area contributed by atoms with Gasteiger partial charge in [-0.1, -0.05) is 27.2 Å². The normalized spacial score (nSPS) is 12.1. The Morgan fingerprint density at radius 1 is 1.33 bits per heavy atom. The largest absolute Gasteiger partial charge is 0.395 e. The predicted octanol–water partition coefficient (Wildman–Crippen LogP) is 1.70. The second-order valence-electron chi connectivity index (χ2n) is 4.79. The number of nitrogens with zero attached hydrogens (tertiary/aromatic N) is 1. The highest BCUT2D eigenvalue weighted by Gasteiger charge is 2.26. The Bertz CT molecular complexity index is 190. The monoisotopic (exact) mass is 215 g/mol. The van der Waals surface area contributed by atoms with E-state index < -0.39 is 0 Å². The lowest BCUT2D eigenvalue weighted by molar-refractivity contribution is -0.125. The summed E-state index contributed by atoms with van der Waals surface area (Å²) in [6.07, 6.45) is 2.26. The maximum absolute atomic E-state index is 11.4. The van der Waals surface area contributed by atoms with E-state index in [2.05, 4.69) is 11.8 Å². The summed E-state index contributed by atoms with van der Waals surface area (Å²) in [5.41, 5.74) is -0.303. The van der Waals surface area contributed by atoms with Crippen molar-refractivity contribution in [3.05, 3.63) is 0 Å². The first-order chi connectivity index (χ1) is 6.94. The summed E-state index contributed by atoms with van der Waals surface area (Å²) in [6, 6.07) is 0. The van der Waals surface area contributed by atoms with Gasteiger partial charge in [0.25, 0.3) is 0 Å². The summed E-state index contributed by atoms with van der Waals surface area (Å²) >= 11 is 0. The molecule has 0 spiro atoms. The molecule has 0 aromatic rings. The average molecular weight is 215 g/mol. The van der Waals surface area contributed by atoms with Crippen LogP contribution in [0, 0.1) is 5.41 Å². The molecule has 15 heavy (non-hydrogen) atoms. The van der Waals surface area contributed by atoms with Crippen LogP contribution in [0.1, 0.15) is 40.5 Å². The molecule has 90 valence electrons. The lowest BCUT2D eigenvalue weighted by atomic mass is 9.88. The van der Waals surface area contributed by atoms with Gasteiger partial charge in [-0.05, 0) is 19.9 Å². The highest BCUT2D eigenvalue weighted by Crippen LogP contribution is 2.18. The number of aliphatic hydroxyl groups excluding tert-OH is 1. The predicted molar refractivity (Wildman–Crippen MR) is 62.9 cm³/mol. The molecule has 0 aromatic heterocycles. The summed E-state index contributed by atoms with van der Waals surface area (Å²) in [5.74, 6) is 0.210. The quantitative estimate of drug-likeness (QED) is 0.670. The molecule has 3 nitrogen and oxygen atoms in total. The molecule has 0 unspecified atom stereocenters. The van der Waals surface area contributed by atoms with E-state index in [0.29, 0.717) is 6.54 Å². The molecule has 0 rings (SSSR count). The third-order valence-electron chi connectivity index (χ3n) is 2.82. The number of rotatable bonds is 8. The van der Waals surface area contributed by atoms with E-state index >= 15 is 0 Å².